The molecule has 1 aromatic heterocycles. The second kappa shape index (κ2) is 5.64. The molecule has 0 bridgehead atoms. The lowest BCUT2D eigenvalue weighted by Crippen LogP contribution is -3.12. The van der Waals surface area contributed by atoms with Crippen molar-refractivity contribution >= 4 is 16.7 Å². The third-order valence-electron chi connectivity index (χ3n) is 5.11. The number of nitrogens with zero attached hydrogens (tertiary/aromatic N) is 1. The minimum absolute atomic E-state index is 0.193. The zero-order valence-corrected chi connectivity index (χ0v) is 13.3. The van der Waals surface area contributed by atoms with Crippen LogP contribution in [-0.4, -0.2) is 30.0 Å². The third-order valence-corrected chi connectivity index (χ3v) is 5.11. The SMILES string of the molecule is CC[NH+](CC)C[C@@H]1CCc2c(c3ccccc3n2C)C1=O. The largest absolute Gasteiger partial charge is 0.347 e. The number of hydrogen-bond acceptors (Lipinski definition) is 1. The molecule has 3 heteroatoms. The van der Waals surface area contributed by atoms with E-state index in [4.69, 9.17) is 0 Å². The molecule has 0 aliphatic heterocycles. The first kappa shape index (κ1) is 14.3. The average Bonchev–Trinajstić information content (AvgIpc) is 2.81. The number of benzene rings is 1. The summed E-state index contributed by atoms with van der Waals surface area (Å²) in [6, 6.07) is 8.30. The number of rotatable bonds is 4. The van der Waals surface area contributed by atoms with Gasteiger partial charge in [-0.25, -0.2) is 0 Å². The second-order valence-electron chi connectivity index (χ2n) is 6.16. The molecule has 1 atom stereocenters. The molecular formula is C18H25N2O+. The summed E-state index contributed by atoms with van der Waals surface area (Å²) < 4.78 is 2.21. The third kappa shape index (κ3) is 2.30. The van der Waals surface area contributed by atoms with E-state index in [1.807, 2.05) is 6.07 Å². The summed E-state index contributed by atoms with van der Waals surface area (Å²) in [6.07, 6.45) is 2.02. The monoisotopic (exact) mass is 285 g/mol. The van der Waals surface area contributed by atoms with Crippen LogP contribution in [0.4, 0.5) is 0 Å². The van der Waals surface area contributed by atoms with E-state index >= 15 is 0 Å². The van der Waals surface area contributed by atoms with Gasteiger partial charge in [0.25, 0.3) is 0 Å². The Labute approximate surface area is 126 Å². The van der Waals surface area contributed by atoms with Crippen molar-refractivity contribution in [3.8, 4) is 0 Å². The van der Waals surface area contributed by atoms with Gasteiger partial charge < -0.3 is 9.47 Å². The van der Waals surface area contributed by atoms with Crippen LogP contribution in [0.25, 0.3) is 10.9 Å². The number of aromatic nitrogens is 1. The number of fused-ring (bicyclic) bond motifs is 3. The number of para-hydroxylation sites is 1. The summed E-state index contributed by atoms with van der Waals surface area (Å²) in [5, 5.41) is 1.14. The average molecular weight is 285 g/mol. The van der Waals surface area contributed by atoms with Crippen LogP contribution < -0.4 is 4.90 Å². The zero-order valence-electron chi connectivity index (χ0n) is 13.3. The van der Waals surface area contributed by atoms with E-state index < -0.39 is 0 Å². The van der Waals surface area contributed by atoms with Gasteiger partial charge in [-0.15, -0.1) is 0 Å². The first-order chi connectivity index (χ1) is 10.2. The van der Waals surface area contributed by atoms with Crippen LogP contribution >= 0.6 is 0 Å². The summed E-state index contributed by atoms with van der Waals surface area (Å²) in [6.45, 7) is 7.59. The molecule has 21 heavy (non-hydrogen) atoms. The molecular weight excluding hydrogens is 260 g/mol. The standard InChI is InChI=1S/C18H24N2O/c1-4-20(5-2)12-13-10-11-16-17(18(13)21)14-8-6-7-9-15(14)19(16)3/h6-9,13H,4-5,10-12H2,1-3H3/p+1/t13-/m0/s1. The zero-order chi connectivity index (χ0) is 15.0. The van der Waals surface area contributed by atoms with Gasteiger partial charge in [0.15, 0.2) is 5.78 Å². The highest BCUT2D eigenvalue weighted by Gasteiger charge is 2.33. The van der Waals surface area contributed by atoms with Crippen LogP contribution in [0.1, 0.15) is 36.3 Å². The molecule has 0 amide bonds. The van der Waals surface area contributed by atoms with Gasteiger partial charge in [0.1, 0.15) is 0 Å². The number of ketones is 1. The molecule has 1 aliphatic rings. The second-order valence-corrected chi connectivity index (χ2v) is 6.16. The fraction of sp³-hybridized carbons (Fsp3) is 0.500. The number of aryl methyl sites for hydroxylation is 1. The Hall–Kier alpha value is -1.61. The van der Waals surface area contributed by atoms with E-state index in [0.29, 0.717) is 5.78 Å². The maximum Gasteiger partial charge on any atom is 0.174 e. The van der Waals surface area contributed by atoms with E-state index in [1.165, 1.54) is 16.1 Å². The molecule has 3 rings (SSSR count). The fourth-order valence-corrected chi connectivity index (χ4v) is 3.74. The highest BCUT2D eigenvalue weighted by atomic mass is 16.1. The molecule has 112 valence electrons. The molecule has 0 unspecified atom stereocenters. The summed E-state index contributed by atoms with van der Waals surface area (Å²) >= 11 is 0. The number of nitrogens with one attached hydrogen (secondary N) is 1. The van der Waals surface area contributed by atoms with Gasteiger partial charge in [0, 0.05) is 29.2 Å². The number of hydrogen-bond donors (Lipinski definition) is 1. The summed E-state index contributed by atoms with van der Waals surface area (Å²) in [7, 11) is 2.09. The van der Waals surface area contributed by atoms with Crippen LogP contribution in [0.2, 0.25) is 0 Å². The Kier molecular flexibility index (Phi) is 3.85. The van der Waals surface area contributed by atoms with Crippen molar-refractivity contribution in [1.29, 1.82) is 0 Å². The minimum Gasteiger partial charge on any atom is -0.347 e. The van der Waals surface area contributed by atoms with E-state index in [9.17, 15) is 4.79 Å². The predicted molar refractivity (Wildman–Crippen MR) is 86.0 cm³/mol. The molecule has 0 spiro atoms. The topological polar surface area (TPSA) is 26.4 Å². The van der Waals surface area contributed by atoms with Gasteiger partial charge in [0.05, 0.1) is 25.6 Å². The van der Waals surface area contributed by atoms with Gasteiger partial charge in [-0.05, 0) is 32.8 Å². The Balaban J connectivity index is 2.00. The molecule has 0 radical (unpaired) electrons. The quantitative estimate of drug-likeness (QED) is 0.912. The van der Waals surface area contributed by atoms with Crippen LogP contribution in [-0.2, 0) is 13.5 Å². The summed E-state index contributed by atoms with van der Waals surface area (Å²) in [5.41, 5.74) is 3.41. The van der Waals surface area contributed by atoms with Crippen LogP contribution in [0.15, 0.2) is 24.3 Å². The first-order valence-corrected chi connectivity index (χ1v) is 8.11. The molecule has 1 heterocycles. The van der Waals surface area contributed by atoms with Gasteiger partial charge in [0.2, 0.25) is 0 Å². The highest BCUT2D eigenvalue weighted by Crippen LogP contribution is 2.33. The number of Topliss-reactive ketones (excluding diaryl/α,β-unsaturated/α-hetero) is 1. The van der Waals surface area contributed by atoms with Crippen molar-refractivity contribution < 1.29 is 9.69 Å². The molecule has 3 nitrogen and oxygen atoms in total. The molecule has 1 aliphatic carbocycles. The van der Waals surface area contributed by atoms with Crippen molar-refractivity contribution in [2.45, 2.75) is 26.7 Å². The Morgan fingerprint density at radius 3 is 2.67 bits per heavy atom. The Bertz CT molecular complexity index is 667. The smallest absolute Gasteiger partial charge is 0.174 e. The van der Waals surface area contributed by atoms with Crippen molar-refractivity contribution in [2.75, 3.05) is 19.6 Å². The predicted octanol–water partition coefficient (Wildman–Crippen LogP) is 1.85. The van der Waals surface area contributed by atoms with Crippen molar-refractivity contribution in [3.63, 3.8) is 0 Å². The molecule has 1 N–H and O–H groups in total. The van der Waals surface area contributed by atoms with Crippen molar-refractivity contribution in [2.24, 2.45) is 13.0 Å². The number of carbonyl (C=O) groups is 1. The van der Waals surface area contributed by atoms with Gasteiger partial charge in [-0.3, -0.25) is 4.79 Å². The van der Waals surface area contributed by atoms with Crippen molar-refractivity contribution in [3.05, 3.63) is 35.5 Å². The van der Waals surface area contributed by atoms with Gasteiger partial charge >= 0.3 is 0 Å². The first-order valence-electron chi connectivity index (χ1n) is 8.11. The minimum atomic E-state index is 0.193. The maximum atomic E-state index is 13.0. The lowest BCUT2D eigenvalue weighted by atomic mass is 9.84. The lowest BCUT2D eigenvalue weighted by Gasteiger charge is -2.25. The summed E-state index contributed by atoms with van der Waals surface area (Å²) in [5.74, 6) is 0.561. The highest BCUT2D eigenvalue weighted by molar-refractivity contribution is 6.11. The molecule has 0 saturated carbocycles. The number of carbonyl (C=O) groups excluding carboxylic acids is 1. The molecule has 2 aromatic rings. The van der Waals surface area contributed by atoms with Crippen molar-refractivity contribution in [1.82, 2.24) is 4.57 Å². The fourth-order valence-electron chi connectivity index (χ4n) is 3.74. The van der Waals surface area contributed by atoms with Gasteiger partial charge in [-0.2, -0.15) is 0 Å². The van der Waals surface area contributed by atoms with E-state index in [2.05, 4.69) is 43.7 Å². The van der Waals surface area contributed by atoms with E-state index in [1.54, 1.807) is 0 Å². The van der Waals surface area contributed by atoms with Crippen LogP contribution in [0.5, 0.6) is 0 Å². The Morgan fingerprint density at radius 2 is 1.95 bits per heavy atom. The van der Waals surface area contributed by atoms with E-state index in [0.717, 1.165) is 43.4 Å². The normalized spacial score (nSPS) is 18.5. The van der Waals surface area contributed by atoms with Gasteiger partial charge in [-0.1, -0.05) is 18.2 Å². The Morgan fingerprint density at radius 1 is 1.24 bits per heavy atom. The molecule has 1 aromatic carbocycles. The molecule has 0 saturated heterocycles. The lowest BCUT2D eigenvalue weighted by molar-refractivity contribution is -0.898. The molecule has 0 fully saturated rings. The van der Waals surface area contributed by atoms with Crippen LogP contribution in [0, 0.1) is 5.92 Å². The van der Waals surface area contributed by atoms with E-state index in [-0.39, 0.29) is 5.92 Å². The summed E-state index contributed by atoms with van der Waals surface area (Å²) in [4.78, 5) is 14.5. The van der Waals surface area contributed by atoms with Crippen LogP contribution in [0.3, 0.4) is 0 Å². The number of quaternary nitrogens is 1. The maximum absolute atomic E-state index is 13.0.